The first kappa shape index (κ1) is 80.5. The number of rotatable bonds is 12. The predicted molar refractivity (Wildman–Crippen MR) is 587 cm³/mol. The van der Waals surface area contributed by atoms with E-state index in [0.29, 0.717) is 0 Å². The van der Waals surface area contributed by atoms with Gasteiger partial charge in [0.2, 0.25) is 0 Å². The normalized spacial score (nSPS) is 11.8. The molecule has 0 fully saturated rings. The van der Waals surface area contributed by atoms with Gasteiger partial charge < -0.3 is 40.7 Å². The molecule has 0 atom stereocenters. The fourth-order valence-corrected chi connectivity index (χ4v) is 22.5. The van der Waals surface area contributed by atoms with Gasteiger partial charge in [0.15, 0.2) is 16.7 Å². The maximum atomic E-state index is 6.60. The van der Waals surface area contributed by atoms with Gasteiger partial charge >= 0.3 is 0 Å². The van der Waals surface area contributed by atoms with Gasteiger partial charge in [-0.1, -0.05) is 322 Å². The first-order valence-corrected chi connectivity index (χ1v) is 48.1. The molecule has 0 spiro atoms. The first-order chi connectivity index (χ1) is 70.0. The summed E-state index contributed by atoms with van der Waals surface area (Å²) >= 11 is 0. The summed E-state index contributed by atoms with van der Waals surface area (Å²) in [6.07, 6.45) is 0. The SMILES string of the molecule is c1ccc(-n2c3ccccc3c3c(-c4ccccc4-c4ccc5oc6c7ccccc7n(-c7ccccc7)c6c5c4)cccc32)cc1.c1ccc(-n2c3ccccc3c3cc(-c4ccccc4-c4ccc5oc6c7ccccc7n(-c7ccccc7)c6c5c4)ccc32)cc1.c1ccc(-n2c3ccccc3c3ccc(-c4ccccc4-c4ccc5oc6c7ccccc7n(-c7ccccc7)c6c5c4)cc32)cc1. The molecule has 9 aromatic heterocycles. The minimum atomic E-state index is 0.889. The number of furan rings is 3. The van der Waals surface area contributed by atoms with E-state index < -0.39 is 0 Å². The van der Waals surface area contributed by atoms with Crippen LogP contribution in [-0.2, 0) is 0 Å². The second-order valence-electron chi connectivity index (χ2n) is 36.4. The van der Waals surface area contributed by atoms with Crippen molar-refractivity contribution in [3.05, 3.63) is 510 Å². The molecule has 0 bridgehead atoms. The molecule has 141 heavy (non-hydrogen) atoms. The molecule has 0 saturated carbocycles. The number of hydrogen-bond acceptors (Lipinski definition) is 3. The molecule has 0 radical (unpaired) electrons. The minimum absolute atomic E-state index is 0.889. The second-order valence-corrected chi connectivity index (χ2v) is 36.4. The van der Waals surface area contributed by atoms with E-state index >= 15 is 0 Å². The van der Waals surface area contributed by atoms with Gasteiger partial charge in [-0.3, -0.25) is 0 Å². The smallest absolute Gasteiger partial charge is 0.161 e. The highest BCUT2D eigenvalue weighted by Gasteiger charge is 2.28. The molecule has 30 aromatic rings. The molecule has 30 rings (SSSR count). The van der Waals surface area contributed by atoms with Crippen LogP contribution < -0.4 is 0 Å². The maximum Gasteiger partial charge on any atom is 0.161 e. The lowest BCUT2D eigenvalue weighted by molar-refractivity contribution is 0.672. The highest BCUT2D eigenvalue weighted by molar-refractivity contribution is 6.23. The molecule has 0 amide bonds. The van der Waals surface area contributed by atoms with Crippen LogP contribution in [0.25, 0.3) is 265 Å². The van der Waals surface area contributed by atoms with Gasteiger partial charge in [0.25, 0.3) is 0 Å². The average Bonchev–Trinajstić information content (AvgIpc) is 1.54. The van der Waals surface area contributed by atoms with E-state index in [1.807, 2.05) is 0 Å². The van der Waals surface area contributed by atoms with E-state index in [-0.39, 0.29) is 0 Å². The van der Waals surface area contributed by atoms with Crippen molar-refractivity contribution >= 4 is 164 Å². The van der Waals surface area contributed by atoms with E-state index in [1.165, 1.54) is 121 Å². The number of hydrogen-bond donors (Lipinski definition) is 0. The van der Waals surface area contributed by atoms with Crippen LogP contribution in [0.4, 0.5) is 0 Å². The van der Waals surface area contributed by atoms with Crippen molar-refractivity contribution in [3.8, 4) is 101 Å². The Morgan fingerprint density at radius 3 is 0.745 bits per heavy atom. The van der Waals surface area contributed by atoms with Crippen molar-refractivity contribution in [3.63, 3.8) is 0 Å². The molecule has 9 nitrogen and oxygen atoms in total. The van der Waals surface area contributed by atoms with Crippen molar-refractivity contribution in [2.24, 2.45) is 0 Å². The van der Waals surface area contributed by atoms with Crippen molar-refractivity contribution in [1.82, 2.24) is 27.4 Å². The second kappa shape index (κ2) is 33.0. The van der Waals surface area contributed by atoms with Gasteiger partial charge in [-0.25, -0.2) is 0 Å². The Morgan fingerprint density at radius 2 is 0.362 bits per heavy atom. The zero-order valence-corrected chi connectivity index (χ0v) is 76.4. The third kappa shape index (κ3) is 13.0. The van der Waals surface area contributed by atoms with Crippen LogP contribution in [0.5, 0.6) is 0 Å². The summed E-state index contributed by atoms with van der Waals surface area (Å²) in [4.78, 5) is 0. The third-order valence-electron chi connectivity index (χ3n) is 28.6. The Balaban J connectivity index is 0.000000104. The van der Waals surface area contributed by atoms with E-state index in [2.05, 4.69) is 537 Å². The monoisotopic (exact) mass is 1800 g/mol. The van der Waals surface area contributed by atoms with E-state index in [9.17, 15) is 0 Å². The molecule has 0 saturated heterocycles. The van der Waals surface area contributed by atoms with Crippen LogP contribution >= 0.6 is 0 Å². The Labute approximate surface area is 809 Å². The average molecular weight is 1800 g/mol. The largest absolute Gasteiger partial charge is 0.454 e. The first-order valence-electron chi connectivity index (χ1n) is 48.1. The quantitative estimate of drug-likeness (QED) is 0.122. The Kier molecular flexibility index (Phi) is 18.8. The van der Waals surface area contributed by atoms with Crippen LogP contribution in [0, 0.1) is 0 Å². The van der Waals surface area contributed by atoms with E-state index in [4.69, 9.17) is 13.3 Å². The van der Waals surface area contributed by atoms with Crippen LogP contribution in [0.15, 0.2) is 523 Å². The Hall–Kier alpha value is -19.0. The highest BCUT2D eigenvalue weighted by Crippen LogP contribution is 2.50. The lowest BCUT2D eigenvalue weighted by atomic mass is 9.91. The molecule has 0 aliphatic rings. The van der Waals surface area contributed by atoms with Crippen molar-refractivity contribution in [1.29, 1.82) is 0 Å². The van der Waals surface area contributed by atoms with Crippen LogP contribution in [-0.4, -0.2) is 27.4 Å². The van der Waals surface area contributed by atoms with Gasteiger partial charge in [0.1, 0.15) is 33.3 Å². The molecule has 660 valence electrons. The highest BCUT2D eigenvalue weighted by atomic mass is 16.3. The summed E-state index contributed by atoms with van der Waals surface area (Å²) in [5, 5.41) is 14.2. The molecular formula is C132H84N6O3. The van der Waals surface area contributed by atoms with Crippen LogP contribution in [0.3, 0.4) is 0 Å². The van der Waals surface area contributed by atoms with Crippen molar-refractivity contribution < 1.29 is 13.3 Å². The Morgan fingerprint density at radius 1 is 0.128 bits per heavy atom. The number of nitrogens with zero attached hydrogens (tertiary/aromatic N) is 6. The summed E-state index contributed by atoms with van der Waals surface area (Å²) in [6.45, 7) is 0. The summed E-state index contributed by atoms with van der Waals surface area (Å²) in [6, 6.07) is 182. The van der Waals surface area contributed by atoms with Gasteiger partial charge in [0, 0.05) is 98.8 Å². The molecule has 0 N–H and O–H groups in total. The fourth-order valence-electron chi connectivity index (χ4n) is 22.5. The number of para-hydroxylation sites is 12. The van der Waals surface area contributed by atoms with Gasteiger partial charge in [-0.15, -0.1) is 0 Å². The van der Waals surface area contributed by atoms with E-state index in [0.717, 1.165) is 144 Å². The zero-order chi connectivity index (χ0) is 92.7. The van der Waals surface area contributed by atoms with E-state index in [1.54, 1.807) is 0 Å². The lowest BCUT2D eigenvalue weighted by Gasteiger charge is -2.13. The summed E-state index contributed by atoms with van der Waals surface area (Å²) in [5.74, 6) is 0. The fraction of sp³-hybridized carbons (Fsp3) is 0. The van der Waals surface area contributed by atoms with Gasteiger partial charge in [-0.05, 0) is 255 Å². The van der Waals surface area contributed by atoms with Gasteiger partial charge in [-0.2, -0.15) is 0 Å². The summed E-state index contributed by atoms with van der Waals surface area (Å²) < 4.78 is 33.9. The predicted octanol–water partition coefficient (Wildman–Crippen LogP) is 35.9. The molecule has 0 aliphatic heterocycles. The summed E-state index contributed by atoms with van der Waals surface area (Å²) in [7, 11) is 0. The van der Waals surface area contributed by atoms with Crippen LogP contribution in [0.2, 0.25) is 0 Å². The zero-order valence-electron chi connectivity index (χ0n) is 76.4. The lowest BCUT2D eigenvalue weighted by Crippen LogP contribution is -1.93. The minimum Gasteiger partial charge on any atom is -0.454 e. The van der Waals surface area contributed by atoms with Crippen molar-refractivity contribution in [2.45, 2.75) is 0 Å². The number of benzene rings is 21. The molecule has 0 aliphatic carbocycles. The molecular weight excluding hydrogens is 1720 g/mol. The molecule has 9 heteroatoms. The molecule has 0 unspecified atom stereocenters. The standard InChI is InChI=1S/3C44H28N2O/c1-3-14-30(15-4-1)45-38-23-11-9-20-35(38)42-34(22-13-25-40(42)45)33-19-8-7-18-32(33)29-26-27-41-37(28-29)43-44(47-41)36-21-10-12-24-39(36)46(43)31-16-5-2-6-17-31;1-3-13-31(14-4-1)45-39-21-11-9-19-35(39)36-25-23-30(28-41(36)45)34-18-8-7-17-33(34)29-24-26-42-38(27-29)43-44(47-42)37-20-10-12-22-40(37)46(43)32-15-5-2-6-16-32;1-3-13-31(14-4-1)45-39-21-11-9-19-35(39)37-27-29(23-25-41(37)45)33-17-7-8-18-34(33)30-24-26-42-38(28-30)43-44(47-42)36-20-10-12-22-40(36)46(43)32-15-5-2-6-16-32/h3*1-28H. The van der Waals surface area contributed by atoms with Crippen molar-refractivity contribution in [2.75, 3.05) is 0 Å². The molecule has 21 aromatic carbocycles. The topological polar surface area (TPSA) is 69.0 Å². The number of aromatic nitrogens is 6. The number of fused-ring (bicyclic) bond motifs is 24. The molecule has 9 heterocycles. The van der Waals surface area contributed by atoms with Crippen LogP contribution in [0.1, 0.15) is 0 Å². The van der Waals surface area contributed by atoms with Gasteiger partial charge in [0.05, 0.1) is 49.7 Å². The Bertz CT molecular complexity index is 10100. The third-order valence-corrected chi connectivity index (χ3v) is 28.6. The maximum absolute atomic E-state index is 6.60. The summed E-state index contributed by atoms with van der Waals surface area (Å²) in [5.41, 5.74) is 40.5.